The van der Waals surface area contributed by atoms with Crippen molar-refractivity contribution in [3.8, 4) is 0 Å². The Hall–Kier alpha value is -3.03. The Labute approximate surface area is 223 Å². The Balaban J connectivity index is 1.58. The van der Waals surface area contributed by atoms with E-state index in [1.165, 1.54) is 0 Å². The van der Waals surface area contributed by atoms with E-state index in [9.17, 15) is 18.1 Å². The molecule has 1 aromatic heterocycles. The van der Waals surface area contributed by atoms with Crippen molar-refractivity contribution in [1.82, 2.24) is 4.98 Å². The van der Waals surface area contributed by atoms with Gasteiger partial charge in [0.25, 0.3) is 10.1 Å². The highest BCUT2D eigenvalue weighted by atomic mass is 35.5. The maximum Gasteiger partial charge on any atom is 0.265 e. The van der Waals surface area contributed by atoms with Gasteiger partial charge in [0.1, 0.15) is 0 Å². The van der Waals surface area contributed by atoms with E-state index in [4.69, 9.17) is 11.6 Å². The molecule has 0 saturated carbocycles. The van der Waals surface area contributed by atoms with Gasteiger partial charge in [-0.15, -0.1) is 0 Å². The third-order valence-electron chi connectivity index (χ3n) is 6.35. The smallest absolute Gasteiger partial charge is 0.265 e. The lowest BCUT2D eigenvalue weighted by Gasteiger charge is -2.23. The van der Waals surface area contributed by atoms with Crippen LogP contribution in [-0.2, 0) is 22.1 Å². The van der Waals surface area contributed by atoms with E-state index >= 15 is 0 Å². The molecular weight excluding hydrogens is 506 g/mol. The molecule has 7 heteroatoms. The Morgan fingerprint density at radius 1 is 0.973 bits per heavy atom. The van der Waals surface area contributed by atoms with Gasteiger partial charge in [-0.3, -0.25) is 4.55 Å². The van der Waals surface area contributed by atoms with Crippen molar-refractivity contribution in [1.29, 1.82) is 0 Å². The number of fused-ring (bicyclic) bond motifs is 1. The SMILES string of the molecule is CC(C)(O)c1ccccc1CC[C@H](CS(=O)(=O)O)c1cccc(/C=C/c2ccc3ccc(Cl)cc3n2)c1. The summed E-state index contributed by atoms with van der Waals surface area (Å²) >= 11 is 6.10. The number of halogens is 1. The maximum atomic E-state index is 11.9. The van der Waals surface area contributed by atoms with Crippen LogP contribution in [0.4, 0.5) is 0 Å². The molecule has 0 spiro atoms. The van der Waals surface area contributed by atoms with Crippen molar-refractivity contribution in [3.05, 3.63) is 112 Å². The van der Waals surface area contributed by atoms with Crippen LogP contribution in [0.25, 0.3) is 23.1 Å². The van der Waals surface area contributed by atoms with E-state index in [1.807, 2.05) is 91.0 Å². The van der Waals surface area contributed by atoms with Crippen LogP contribution in [-0.4, -0.2) is 28.8 Å². The van der Waals surface area contributed by atoms with Gasteiger partial charge in [-0.25, -0.2) is 4.98 Å². The normalized spacial score (nSPS) is 13.3. The fraction of sp³-hybridized carbons (Fsp3) is 0.233. The Kier molecular flexibility index (Phi) is 8.14. The number of rotatable bonds is 9. The van der Waals surface area contributed by atoms with Crippen LogP contribution in [0, 0.1) is 0 Å². The van der Waals surface area contributed by atoms with Gasteiger partial charge in [0.05, 0.1) is 22.6 Å². The molecule has 1 atom stereocenters. The van der Waals surface area contributed by atoms with Crippen LogP contribution >= 0.6 is 11.6 Å². The standard InChI is InChI=1S/C30H30ClNO4S/c1-30(2,33)28-9-4-3-7-22(28)11-12-25(20-37(34,35)36)24-8-5-6-21(18-24)10-16-27-17-14-23-13-15-26(31)19-29(23)32-27/h3-10,13-19,25,33H,11-12,20H2,1-2H3,(H,34,35,36)/b16-10+/t25-/m1/s1. The number of aryl methyl sites for hydroxylation is 1. The third kappa shape index (κ3) is 7.49. The number of nitrogens with zero attached hydrogens (tertiary/aromatic N) is 1. The summed E-state index contributed by atoms with van der Waals surface area (Å²) in [4.78, 5) is 4.64. The number of hydrogen-bond acceptors (Lipinski definition) is 4. The summed E-state index contributed by atoms with van der Waals surface area (Å²) in [5, 5.41) is 12.2. The van der Waals surface area contributed by atoms with Crippen LogP contribution in [0.5, 0.6) is 0 Å². The van der Waals surface area contributed by atoms with E-state index in [0.717, 1.165) is 38.9 Å². The Bertz CT molecular complexity index is 1540. The molecule has 1 heterocycles. The monoisotopic (exact) mass is 535 g/mol. The number of aromatic nitrogens is 1. The molecule has 0 unspecified atom stereocenters. The van der Waals surface area contributed by atoms with Crippen LogP contribution in [0.1, 0.15) is 54.1 Å². The van der Waals surface area contributed by atoms with Crippen molar-refractivity contribution in [2.24, 2.45) is 0 Å². The van der Waals surface area contributed by atoms with E-state index in [1.54, 1.807) is 13.8 Å². The predicted molar refractivity (Wildman–Crippen MR) is 151 cm³/mol. The van der Waals surface area contributed by atoms with Crippen LogP contribution in [0.2, 0.25) is 5.02 Å². The van der Waals surface area contributed by atoms with Gasteiger partial charge in [0.15, 0.2) is 0 Å². The number of pyridine rings is 1. The van der Waals surface area contributed by atoms with Crippen LogP contribution < -0.4 is 0 Å². The van der Waals surface area contributed by atoms with Gasteiger partial charge in [-0.2, -0.15) is 8.42 Å². The van der Waals surface area contributed by atoms with Gasteiger partial charge >= 0.3 is 0 Å². The summed E-state index contributed by atoms with van der Waals surface area (Å²) in [6.07, 6.45) is 4.88. The first kappa shape index (κ1) is 27.0. The third-order valence-corrected chi connectivity index (χ3v) is 7.41. The minimum absolute atomic E-state index is 0.377. The molecule has 37 heavy (non-hydrogen) atoms. The second-order valence-electron chi connectivity index (χ2n) is 9.78. The summed E-state index contributed by atoms with van der Waals surface area (Å²) in [6, 6.07) is 24.7. The first-order chi connectivity index (χ1) is 17.5. The molecule has 0 radical (unpaired) electrons. The zero-order valence-electron chi connectivity index (χ0n) is 20.8. The van der Waals surface area contributed by atoms with E-state index in [0.29, 0.717) is 17.9 Å². The summed E-state index contributed by atoms with van der Waals surface area (Å²) in [6.45, 7) is 3.46. The number of aliphatic hydroxyl groups is 1. The molecule has 0 aliphatic heterocycles. The highest BCUT2D eigenvalue weighted by molar-refractivity contribution is 7.85. The molecule has 0 aliphatic carbocycles. The second kappa shape index (κ2) is 11.2. The molecule has 0 aliphatic rings. The molecule has 3 aromatic carbocycles. The van der Waals surface area contributed by atoms with E-state index in [-0.39, 0.29) is 5.75 Å². The largest absolute Gasteiger partial charge is 0.386 e. The second-order valence-corrected chi connectivity index (χ2v) is 11.7. The summed E-state index contributed by atoms with van der Waals surface area (Å²) in [5.74, 6) is -0.795. The number of hydrogen-bond donors (Lipinski definition) is 2. The topological polar surface area (TPSA) is 87.5 Å². The first-order valence-corrected chi connectivity index (χ1v) is 14.1. The predicted octanol–water partition coefficient (Wildman–Crippen LogP) is 6.89. The zero-order chi connectivity index (χ0) is 26.6. The van der Waals surface area contributed by atoms with Gasteiger partial charge < -0.3 is 5.11 Å². The average Bonchev–Trinajstić information content (AvgIpc) is 2.84. The molecular formula is C30H30ClNO4S. The Morgan fingerprint density at radius 2 is 1.73 bits per heavy atom. The number of benzene rings is 3. The summed E-state index contributed by atoms with van der Waals surface area (Å²) in [5.41, 5.74) is 4.04. The summed E-state index contributed by atoms with van der Waals surface area (Å²) < 4.78 is 33.4. The van der Waals surface area contributed by atoms with Crippen molar-refractivity contribution in [2.75, 3.05) is 5.75 Å². The fourth-order valence-corrected chi connectivity index (χ4v) is 5.60. The zero-order valence-corrected chi connectivity index (χ0v) is 22.4. The Morgan fingerprint density at radius 3 is 2.49 bits per heavy atom. The molecule has 0 fully saturated rings. The molecule has 192 valence electrons. The van der Waals surface area contributed by atoms with Gasteiger partial charge in [-0.1, -0.05) is 78.3 Å². The average molecular weight is 536 g/mol. The minimum atomic E-state index is -4.20. The van der Waals surface area contributed by atoms with Gasteiger partial charge in [-0.05, 0) is 73.2 Å². The highest BCUT2D eigenvalue weighted by Crippen LogP contribution is 2.29. The quantitative estimate of drug-likeness (QED) is 0.228. The lowest BCUT2D eigenvalue weighted by atomic mass is 9.87. The molecule has 0 saturated heterocycles. The molecule has 4 aromatic rings. The van der Waals surface area contributed by atoms with Gasteiger partial charge in [0, 0.05) is 16.3 Å². The van der Waals surface area contributed by atoms with Crippen LogP contribution in [0.15, 0.2) is 78.9 Å². The molecule has 4 rings (SSSR count). The molecule has 2 N–H and O–H groups in total. The molecule has 5 nitrogen and oxygen atoms in total. The first-order valence-electron chi connectivity index (χ1n) is 12.1. The van der Waals surface area contributed by atoms with Crippen LogP contribution in [0.3, 0.4) is 0 Å². The van der Waals surface area contributed by atoms with Crippen molar-refractivity contribution in [2.45, 2.75) is 38.2 Å². The van der Waals surface area contributed by atoms with Crippen molar-refractivity contribution < 1.29 is 18.1 Å². The van der Waals surface area contributed by atoms with Gasteiger partial charge in [0.2, 0.25) is 0 Å². The lowest BCUT2D eigenvalue weighted by Crippen LogP contribution is -2.19. The van der Waals surface area contributed by atoms with Crippen molar-refractivity contribution in [3.63, 3.8) is 0 Å². The molecule has 0 bridgehead atoms. The summed E-state index contributed by atoms with van der Waals surface area (Å²) in [7, 11) is -4.20. The van der Waals surface area contributed by atoms with E-state index in [2.05, 4.69) is 4.98 Å². The minimum Gasteiger partial charge on any atom is -0.386 e. The maximum absolute atomic E-state index is 11.9. The lowest BCUT2D eigenvalue weighted by molar-refractivity contribution is 0.0775. The van der Waals surface area contributed by atoms with E-state index < -0.39 is 21.6 Å². The highest BCUT2D eigenvalue weighted by Gasteiger charge is 2.23. The molecule has 0 amide bonds. The van der Waals surface area contributed by atoms with Crippen molar-refractivity contribution >= 4 is 44.8 Å². The fourth-order valence-electron chi connectivity index (χ4n) is 4.56.